The molecule has 3 heterocycles. The van der Waals surface area contributed by atoms with Crippen LogP contribution in [0.2, 0.25) is 0 Å². The molecule has 0 saturated carbocycles. The van der Waals surface area contributed by atoms with Crippen LogP contribution in [0.15, 0.2) is 15.6 Å². The van der Waals surface area contributed by atoms with Gasteiger partial charge in [0.1, 0.15) is 0 Å². The van der Waals surface area contributed by atoms with Crippen molar-refractivity contribution >= 4 is 17.5 Å². The molecule has 0 bridgehead atoms. The van der Waals surface area contributed by atoms with Crippen molar-refractivity contribution in [2.45, 2.75) is 50.9 Å². The Hall–Kier alpha value is -1.96. The largest absolute Gasteiger partial charge is 0.424 e. The molecular formula is C14H18N6OS. The fraction of sp³-hybridized carbons (Fsp3) is 0.500. The van der Waals surface area contributed by atoms with Gasteiger partial charge in [0.05, 0.1) is 5.75 Å². The van der Waals surface area contributed by atoms with Crippen molar-refractivity contribution < 1.29 is 4.42 Å². The SMILES string of the molecule is Cc1cc(C)n2nc(SCc3nnc(C(C)(C)C)o3)nc2n1. The van der Waals surface area contributed by atoms with Crippen LogP contribution in [-0.4, -0.2) is 29.8 Å². The summed E-state index contributed by atoms with van der Waals surface area (Å²) in [6, 6.07) is 1.98. The highest BCUT2D eigenvalue weighted by atomic mass is 32.2. The zero-order valence-electron chi connectivity index (χ0n) is 13.3. The van der Waals surface area contributed by atoms with Gasteiger partial charge in [0.15, 0.2) is 0 Å². The average molecular weight is 318 g/mol. The van der Waals surface area contributed by atoms with Gasteiger partial charge in [0.25, 0.3) is 5.78 Å². The standard InChI is InChI=1S/C14H18N6OS/c1-8-6-9(2)20-12(15-8)16-13(19-20)22-7-10-17-18-11(21-10)14(3,4)5/h6H,7H2,1-5H3. The predicted molar refractivity (Wildman–Crippen MR) is 82.8 cm³/mol. The summed E-state index contributed by atoms with van der Waals surface area (Å²) in [5, 5.41) is 13.2. The van der Waals surface area contributed by atoms with Crippen molar-refractivity contribution in [1.29, 1.82) is 0 Å². The molecule has 3 rings (SSSR count). The number of fused-ring (bicyclic) bond motifs is 1. The summed E-state index contributed by atoms with van der Waals surface area (Å²) in [6.45, 7) is 10.0. The molecular weight excluding hydrogens is 300 g/mol. The van der Waals surface area contributed by atoms with E-state index in [1.54, 1.807) is 4.52 Å². The maximum Gasteiger partial charge on any atom is 0.253 e. The number of rotatable bonds is 3. The summed E-state index contributed by atoms with van der Waals surface area (Å²) in [6.07, 6.45) is 0. The second-order valence-corrected chi connectivity index (χ2v) is 7.13. The van der Waals surface area contributed by atoms with Gasteiger partial charge in [-0.25, -0.2) is 9.50 Å². The van der Waals surface area contributed by atoms with Crippen molar-refractivity contribution in [2.75, 3.05) is 0 Å². The van der Waals surface area contributed by atoms with E-state index in [9.17, 15) is 0 Å². The lowest BCUT2D eigenvalue weighted by Crippen LogP contribution is -2.11. The minimum absolute atomic E-state index is 0.143. The summed E-state index contributed by atoms with van der Waals surface area (Å²) < 4.78 is 7.41. The normalized spacial score (nSPS) is 12.2. The quantitative estimate of drug-likeness (QED) is 0.687. The third kappa shape index (κ3) is 2.96. The van der Waals surface area contributed by atoms with E-state index < -0.39 is 0 Å². The molecule has 0 unspecified atom stereocenters. The van der Waals surface area contributed by atoms with Crippen LogP contribution in [-0.2, 0) is 11.2 Å². The van der Waals surface area contributed by atoms with E-state index in [1.807, 2.05) is 40.7 Å². The predicted octanol–water partition coefficient (Wildman–Crippen LogP) is 2.71. The van der Waals surface area contributed by atoms with E-state index >= 15 is 0 Å². The molecule has 0 saturated heterocycles. The Labute approximate surface area is 132 Å². The molecule has 0 aliphatic carbocycles. The van der Waals surface area contributed by atoms with Gasteiger partial charge >= 0.3 is 0 Å². The first-order valence-corrected chi connectivity index (χ1v) is 7.98. The van der Waals surface area contributed by atoms with Gasteiger partial charge in [-0.1, -0.05) is 32.5 Å². The third-order valence-corrected chi connectivity index (χ3v) is 3.85. The highest BCUT2D eigenvalue weighted by Gasteiger charge is 2.21. The molecule has 0 atom stereocenters. The van der Waals surface area contributed by atoms with E-state index in [2.05, 4.69) is 25.3 Å². The first kappa shape index (κ1) is 15.0. The fourth-order valence-corrected chi connectivity index (χ4v) is 2.61. The molecule has 8 heteroatoms. The Balaban J connectivity index is 1.77. The zero-order chi connectivity index (χ0) is 15.9. The second-order valence-electron chi connectivity index (χ2n) is 6.18. The molecule has 3 aromatic heterocycles. The van der Waals surface area contributed by atoms with Gasteiger partial charge < -0.3 is 4.42 Å². The van der Waals surface area contributed by atoms with Gasteiger partial charge in [0, 0.05) is 16.8 Å². The molecule has 0 N–H and O–H groups in total. The maximum absolute atomic E-state index is 5.67. The van der Waals surface area contributed by atoms with Crippen molar-refractivity contribution in [3.8, 4) is 0 Å². The van der Waals surface area contributed by atoms with Crippen molar-refractivity contribution in [2.24, 2.45) is 0 Å². The van der Waals surface area contributed by atoms with Crippen LogP contribution in [0.4, 0.5) is 0 Å². The molecule has 3 aromatic rings. The highest BCUT2D eigenvalue weighted by molar-refractivity contribution is 7.98. The summed E-state index contributed by atoms with van der Waals surface area (Å²) in [5.41, 5.74) is 1.80. The van der Waals surface area contributed by atoms with Crippen LogP contribution in [0.5, 0.6) is 0 Å². The molecule has 0 aromatic carbocycles. The average Bonchev–Trinajstić information content (AvgIpc) is 3.01. The third-order valence-electron chi connectivity index (χ3n) is 3.03. The minimum atomic E-state index is -0.143. The number of aromatic nitrogens is 6. The van der Waals surface area contributed by atoms with Crippen molar-refractivity contribution in [3.05, 3.63) is 29.2 Å². The van der Waals surface area contributed by atoms with Gasteiger partial charge in [-0.15, -0.1) is 15.3 Å². The van der Waals surface area contributed by atoms with E-state index in [-0.39, 0.29) is 5.41 Å². The molecule has 0 aliphatic rings. The van der Waals surface area contributed by atoms with E-state index in [0.717, 1.165) is 11.4 Å². The molecule has 0 spiro atoms. The monoisotopic (exact) mass is 318 g/mol. The number of aryl methyl sites for hydroxylation is 2. The number of thioether (sulfide) groups is 1. The van der Waals surface area contributed by atoms with Crippen LogP contribution < -0.4 is 0 Å². The molecule has 116 valence electrons. The topological polar surface area (TPSA) is 82.0 Å². The van der Waals surface area contributed by atoms with Crippen LogP contribution in [0, 0.1) is 13.8 Å². The molecule has 22 heavy (non-hydrogen) atoms. The van der Waals surface area contributed by atoms with Crippen LogP contribution in [0.3, 0.4) is 0 Å². The van der Waals surface area contributed by atoms with Gasteiger partial charge in [-0.2, -0.15) is 4.98 Å². The highest BCUT2D eigenvalue weighted by Crippen LogP contribution is 2.24. The maximum atomic E-state index is 5.67. The summed E-state index contributed by atoms with van der Waals surface area (Å²) in [7, 11) is 0. The summed E-state index contributed by atoms with van der Waals surface area (Å²) in [4.78, 5) is 8.79. The van der Waals surface area contributed by atoms with E-state index in [1.165, 1.54) is 11.8 Å². The Kier molecular flexibility index (Phi) is 3.64. The minimum Gasteiger partial charge on any atom is -0.424 e. The Morgan fingerprint density at radius 1 is 1.18 bits per heavy atom. The summed E-state index contributed by atoms with van der Waals surface area (Å²) >= 11 is 1.46. The lowest BCUT2D eigenvalue weighted by molar-refractivity contribution is 0.378. The second kappa shape index (κ2) is 5.35. The molecule has 0 radical (unpaired) electrons. The van der Waals surface area contributed by atoms with Gasteiger partial charge in [-0.3, -0.25) is 0 Å². The lowest BCUT2D eigenvalue weighted by atomic mass is 9.97. The van der Waals surface area contributed by atoms with E-state index in [4.69, 9.17) is 4.42 Å². The Morgan fingerprint density at radius 3 is 2.64 bits per heavy atom. The number of nitrogens with zero attached hydrogens (tertiary/aromatic N) is 6. The Bertz CT molecular complexity index is 816. The van der Waals surface area contributed by atoms with Crippen LogP contribution in [0.25, 0.3) is 5.78 Å². The van der Waals surface area contributed by atoms with Crippen molar-refractivity contribution in [1.82, 2.24) is 29.8 Å². The van der Waals surface area contributed by atoms with Gasteiger partial charge in [0.2, 0.25) is 16.9 Å². The molecule has 0 fully saturated rings. The molecule has 0 amide bonds. The zero-order valence-corrected chi connectivity index (χ0v) is 14.1. The first-order chi connectivity index (χ1) is 10.3. The van der Waals surface area contributed by atoms with Crippen LogP contribution in [0.1, 0.15) is 43.9 Å². The lowest BCUT2D eigenvalue weighted by Gasteiger charge is -2.10. The number of hydrogen-bond acceptors (Lipinski definition) is 7. The Morgan fingerprint density at radius 2 is 1.95 bits per heavy atom. The summed E-state index contributed by atoms with van der Waals surface area (Å²) in [5.74, 6) is 2.37. The fourth-order valence-electron chi connectivity index (χ4n) is 1.95. The number of hydrogen-bond donors (Lipinski definition) is 0. The smallest absolute Gasteiger partial charge is 0.253 e. The molecule has 0 aliphatic heterocycles. The van der Waals surface area contributed by atoms with Crippen molar-refractivity contribution in [3.63, 3.8) is 0 Å². The van der Waals surface area contributed by atoms with E-state index in [0.29, 0.717) is 28.5 Å². The first-order valence-electron chi connectivity index (χ1n) is 6.99. The van der Waals surface area contributed by atoms with Gasteiger partial charge in [-0.05, 0) is 19.9 Å². The molecule has 7 nitrogen and oxygen atoms in total. The van der Waals surface area contributed by atoms with Crippen LogP contribution >= 0.6 is 11.8 Å².